The van der Waals surface area contributed by atoms with Crippen LogP contribution in [0, 0.1) is 11.7 Å². The molecule has 1 fully saturated rings. The van der Waals surface area contributed by atoms with Crippen LogP contribution in [0.5, 0.6) is 0 Å². The van der Waals surface area contributed by atoms with E-state index in [1.165, 1.54) is 6.07 Å². The molecular formula is C22H31FN4O. The average molecular weight is 387 g/mol. The van der Waals surface area contributed by atoms with Gasteiger partial charge in [0, 0.05) is 50.7 Å². The van der Waals surface area contributed by atoms with E-state index in [9.17, 15) is 9.18 Å². The predicted octanol–water partition coefficient (Wildman–Crippen LogP) is 3.07. The predicted molar refractivity (Wildman–Crippen MR) is 110 cm³/mol. The van der Waals surface area contributed by atoms with Gasteiger partial charge in [0.15, 0.2) is 0 Å². The Hall–Kier alpha value is -2.18. The molecule has 1 aliphatic heterocycles. The van der Waals surface area contributed by atoms with Crippen molar-refractivity contribution in [2.45, 2.75) is 19.4 Å². The number of likely N-dealkylation sites (N-methyl/N-ethyl adjacent to an activating group) is 1. The Morgan fingerprint density at radius 3 is 2.79 bits per heavy atom. The minimum Gasteiger partial charge on any atom is -0.367 e. The van der Waals surface area contributed by atoms with Crippen molar-refractivity contribution < 1.29 is 9.18 Å². The molecule has 0 spiro atoms. The Bertz CT molecular complexity index is 747. The van der Waals surface area contributed by atoms with Crippen molar-refractivity contribution in [3.8, 4) is 0 Å². The Morgan fingerprint density at radius 2 is 2.07 bits per heavy atom. The monoisotopic (exact) mass is 386 g/mol. The van der Waals surface area contributed by atoms with Crippen LogP contribution in [-0.2, 0) is 6.54 Å². The molecule has 1 N–H and O–H groups in total. The summed E-state index contributed by atoms with van der Waals surface area (Å²) in [6.07, 6.45) is 5.73. The fraction of sp³-hybridized carbons (Fsp3) is 0.500. The number of halogens is 1. The third-order valence-electron chi connectivity index (χ3n) is 5.38. The minimum absolute atomic E-state index is 0.0781. The number of likely N-dealkylation sites (tertiary alicyclic amines) is 1. The quantitative estimate of drug-likeness (QED) is 0.758. The second-order valence-corrected chi connectivity index (χ2v) is 7.99. The molecule has 28 heavy (non-hydrogen) atoms. The van der Waals surface area contributed by atoms with Crippen LogP contribution in [-0.4, -0.2) is 72.4 Å². The molecule has 2 heterocycles. The third kappa shape index (κ3) is 5.66. The Kier molecular flexibility index (Phi) is 7.23. The summed E-state index contributed by atoms with van der Waals surface area (Å²) < 4.78 is 14.0. The lowest BCUT2D eigenvalue weighted by Gasteiger charge is -2.36. The van der Waals surface area contributed by atoms with Crippen molar-refractivity contribution >= 4 is 5.91 Å². The van der Waals surface area contributed by atoms with Crippen LogP contribution in [0.15, 0.2) is 42.7 Å². The Balaban J connectivity index is 1.62. The van der Waals surface area contributed by atoms with Crippen molar-refractivity contribution in [3.63, 3.8) is 0 Å². The standard InChI is InChI=1S/C22H31FN4O/c1-25(2)12-13-27(22(28)19-9-10-24-14-19)16-18-6-5-11-26(15-18)17-20-7-3-4-8-21(20)23/h3-4,7-10,14,18,24H,5-6,11-13,15-17H2,1-2H3. The number of benzene rings is 1. The molecule has 3 rings (SSSR count). The summed E-state index contributed by atoms with van der Waals surface area (Å²) in [6.45, 7) is 4.79. The summed E-state index contributed by atoms with van der Waals surface area (Å²) in [4.78, 5) is 22.3. The van der Waals surface area contributed by atoms with E-state index in [0.29, 0.717) is 24.6 Å². The lowest BCUT2D eigenvalue weighted by molar-refractivity contribution is 0.0660. The van der Waals surface area contributed by atoms with Gasteiger partial charge in [-0.15, -0.1) is 0 Å². The van der Waals surface area contributed by atoms with Gasteiger partial charge >= 0.3 is 0 Å². The normalized spacial score (nSPS) is 17.8. The number of aromatic amines is 1. The highest BCUT2D eigenvalue weighted by Gasteiger charge is 2.25. The van der Waals surface area contributed by atoms with Crippen LogP contribution in [0.3, 0.4) is 0 Å². The van der Waals surface area contributed by atoms with Crippen molar-refractivity contribution in [2.75, 3.05) is 46.8 Å². The summed E-state index contributed by atoms with van der Waals surface area (Å²) in [6, 6.07) is 8.83. The van der Waals surface area contributed by atoms with Gasteiger partial charge < -0.3 is 14.8 Å². The molecule has 0 bridgehead atoms. The number of hydrogen-bond donors (Lipinski definition) is 1. The number of aromatic nitrogens is 1. The highest BCUT2D eigenvalue weighted by atomic mass is 19.1. The number of amides is 1. The fourth-order valence-corrected chi connectivity index (χ4v) is 3.86. The summed E-state index contributed by atoms with van der Waals surface area (Å²) in [5.41, 5.74) is 1.45. The zero-order valence-electron chi connectivity index (χ0n) is 16.9. The molecule has 1 amide bonds. The van der Waals surface area contributed by atoms with Gasteiger partial charge in [0.25, 0.3) is 5.91 Å². The van der Waals surface area contributed by atoms with E-state index < -0.39 is 0 Å². The molecule has 1 aliphatic rings. The third-order valence-corrected chi connectivity index (χ3v) is 5.38. The van der Waals surface area contributed by atoms with Gasteiger partial charge in [-0.1, -0.05) is 18.2 Å². The highest BCUT2D eigenvalue weighted by molar-refractivity contribution is 5.94. The van der Waals surface area contributed by atoms with E-state index in [1.807, 2.05) is 37.2 Å². The van der Waals surface area contributed by atoms with Gasteiger partial charge in [0.2, 0.25) is 0 Å². The molecule has 1 unspecified atom stereocenters. The maximum atomic E-state index is 14.0. The van der Waals surface area contributed by atoms with Crippen LogP contribution >= 0.6 is 0 Å². The van der Waals surface area contributed by atoms with Crippen molar-refractivity contribution in [3.05, 3.63) is 59.7 Å². The number of carbonyl (C=O) groups excluding carboxylic acids is 1. The van der Waals surface area contributed by atoms with E-state index >= 15 is 0 Å². The number of piperidine rings is 1. The van der Waals surface area contributed by atoms with Gasteiger partial charge in [0.05, 0.1) is 5.56 Å². The van der Waals surface area contributed by atoms with Crippen LogP contribution in [0.25, 0.3) is 0 Å². The van der Waals surface area contributed by atoms with Gasteiger partial charge in [-0.2, -0.15) is 0 Å². The number of H-pyrrole nitrogens is 1. The number of carbonyl (C=O) groups is 1. The van der Waals surface area contributed by atoms with Crippen molar-refractivity contribution in [1.29, 1.82) is 0 Å². The summed E-state index contributed by atoms with van der Waals surface area (Å²) in [7, 11) is 4.05. The topological polar surface area (TPSA) is 42.6 Å². The SMILES string of the molecule is CN(C)CCN(CC1CCCN(Cc2ccccc2F)C1)C(=O)c1cc[nH]c1. The van der Waals surface area contributed by atoms with Crippen LogP contribution < -0.4 is 0 Å². The average Bonchev–Trinajstić information content (AvgIpc) is 3.21. The molecule has 0 radical (unpaired) electrons. The molecule has 0 saturated carbocycles. The molecule has 1 aromatic carbocycles. The Labute approximate surface area is 167 Å². The second-order valence-electron chi connectivity index (χ2n) is 7.99. The second kappa shape index (κ2) is 9.85. The Morgan fingerprint density at radius 1 is 1.25 bits per heavy atom. The van der Waals surface area contributed by atoms with Crippen LogP contribution in [0.1, 0.15) is 28.8 Å². The maximum Gasteiger partial charge on any atom is 0.255 e. The van der Waals surface area contributed by atoms with E-state index in [4.69, 9.17) is 0 Å². The molecule has 1 aromatic heterocycles. The van der Waals surface area contributed by atoms with Gasteiger partial charge in [-0.3, -0.25) is 9.69 Å². The van der Waals surface area contributed by atoms with E-state index in [1.54, 1.807) is 18.5 Å². The van der Waals surface area contributed by atoms with Crippen molar-refractivity contribution in [2.24, 2.45) is 5.92 Å². The minimum atomic E-state index is -0.139. The first-order valence-corrected chi connectivity index (χ1v) is 10.1. The smallest absolute Gasteiger partial charge is 0.255 e. The molecule has 0 aliphatic carbocycles. The number of rotatable bonds is 8. The van der Waals surface area contributed by atoms with E-state index in [2.05, 4.69) is 14.8 Å². The zero-order chi connectivity index (χ0) is 19.9. The molecule has 152 valence electrons. The van der Waals surface area contributed by atoms with Crippen molar-refractivity contribution in [1.82, 2.24) is 19.7 Å². The molecular weight excluding hydrogens is 355 g/mol. The maximum absolute atomic E-state index is 14.0. The molecule has 2 aromatic rings. The van der Waals surface area contributed by atoms with Crippen LogP contribution in [0.2, 0.25) is 0 Å². The fourth-order valence-electron chi connectivity index (χ4n) is 3.86. The van der Waals surface area contributed by atoms with Gasteiger partial charge in [0.1, 0.15) is 5.82 Å². The highest BCUT2D eigenvalue weighted by Crippen LogP contribution is 2.21. The molecule has 5 nitrogen and oxygen atoms in total. The first-order chi connectivity index (χ1) is 13.5. The zero-order valence-corrected chi connectivity index (χ0v) is 16.9. The van der Waals surface area contributed by atoms with Gasteiger partial charge in [-0.25, -0.2) is 4.39 Å². The summed E-state index contributed by atoms with van der Waals surface area (Å²) >= 11 is 0. The van der Waals surface area contributed by atoms with E-state index in [-0.39, 0.29) is 11.7 Å². The summed E-state index contributed by atoms with van der Waals surface area (Å²) in [5.74, 6) is 0.347. The molecule has 1 saturated heterocycles. The first kappa shape index (κ1) is 20.6. The molecule has 1 atom stereocenters. The lowest BCUT2D eigenvalue weighted by Crippen LogP contribution is -2.44. The number of nitrogens with one attached hydrogen (secondary N) is 1. The number of nitrogens with zero attached hydrogens (tertiary/aromatic N) is 3. The number of hydrogen-bond acceptors (Lipinski definition) is 3. The lowest BCUT2D eigenvalue weighted by atomic mass is 9.96. The molecule has 6 heteroatoms. The largest absolute Gasteiger partial charge is 0.367 e. The summed E-state index contributed by atoms with van der Waals surface area (Å²) in [5, 5.41) is 0. The first-order valence-electron chi connectivity index (χ1n) is 10.1. The van der Waals surface area contributed by atoms with Crippen LogP contribution in [0.4, 0.5) is 4.39 Å². The van der Waals surface area contributed by atoms with E-state index in [0.717, 1.165) is 44.6 Å². The van der Waals surface area contributed by atoms with Gasteiger partial charge in [-0.05, 0) is 51.5 Å².